The third-order valence-electron chi connectivity index (χ3n) is 4.70. The van der Waals surface area contributed by atoms with Crippen molar-refractivity contribution in [3.8, 4) is 29.0 Å². The Morgan fingerprint density at radius 2 is 1.81 bits per heavy atom. The summed E-state index contributed by atoms with van der Waals surface area (Å²) in [7, 11) is 0. The molecule has 1 aromatic heterocycles. The summed E-state index contributed by atoms with van der Waals surface area (Å²) in [6, 6.07) is 20.0. The van der Waals surface area contributed by atoms with Crippen LogP contribution in [0.25, 0.3) is 22.9 Å². The first-order valence-corrected chi connectivity index (χ1v) is 9.41. The molecule has 31 heavy (non-hydrogen) atoms. The van der Waals surface area contributed by atoms with Gasteiger partial charge in [0, 0.05) is 16.7 Å². The van der Waals surface area contributed by atoms with E-state index >= 15 is 0 Å². The molecular weight excluding hydrogens is 397 g/mol. The van der Waals surface area contributed by atoms with Crippen molar-refractivity contribution in [3.63, 3.8) is 0 Å². The van der Waals surface area contributed by atoms with Crippen LogP contribution in [0, 0.1) is 24.1 Å². The van der Waals surface area contributed by atoms with Gasteiger partial charge in [0.05, 0.1) is 17.2 Å². The predicted octanol–water partition coefficient (Wildman–Crippen LogP) is 5.08. The molecule has 0 unspecified atom stereocenters. The lowest BCUT2D eigenvalue weighted by Crippen LogP contribution is -2.06. The molecule has 0 saturated heterocycles. The average Bonchev–Trinajstić information content (AvgIpc) is 3.29. The number of aryl methyl sites for hydroxylation is 1. The zero-order chi connectivity index (χ0) is 21.8. The molecular formula is C24H16FN3O3. The minimum atomic E-state index is -0.612. The van der Waals surface area contributed by atoms with E-state index in [4.69, 9.17) is 14.4 Å². The molecule has 0 atom stereocenters. The van der Waals surface area contributed by atoms with Gasteiger partial charge < -0.3 is 9.15 Å². The van der Waals surface area contributed by atoms with Crippen LogP contribution in [-0.2, 0) is 11.3 Å². The van der Waals surface area contributed by atoms with Crippen molar-refractivity contribution in [1.82, 2.24) is 10.2 Å². The highest BCUT2D eigenvalue weighted by molar-refractivity contribution is 5.89. The van der Waals surface area contributed by atoms with Crippen LogP contribution in [-0.4, -0.2) is 16.2 Å². The number of nitrogens with zero attached hydrogens (tertiary/aromatic N) is 3. The normalized spacial score (nSPS) is 10.5. The molecule has 3 aromatic carbocycles. The number of benzene rings is 3. The Balaban J connectivity index is 1.46. The number of ether oxygens (including phenoxy) is 1. The first-order valence-electron chi connectivity index (χ1n) is 9.41. The topological polar surface area (TPSA) is 89.0 Å². The van der Waals surface area contributed by atoms with E-state index in [0.29, 0.717) is 28.5 Å². The molecule has 0 amide bonds. The van der Waals surface area contributed by atoms with Crippen molar-refractivity contribution in [2.45, 2.75) is 13.5 Å². The van der Waals surface area contributed by atoms with Crippen LogP contribution >= 0.6 is 0 Å². The maximum Gasteiger partial charge on any atom is 0.338 e. The monoisotopic (exact) mass is 413 g/mol. The van der Waals surface area contributed by atoms with Crippen LogP contribution in [0.15, 0.2) is 71.1 Å². The number of carbonyl (C=O) groups excluding carboxylic acids is 1. The quantitative estimate of drug-likeness (QED) is 0.424. The molecule has 0 N–H and O–H groups in total. The second kappa shape index (κ2) is 8.59. The van der Waals surface area contributed by atoms with E-state index in [1.54, 1.807) is 24.3 Å². The van der Waals surface area contributed by atoms with E-state index in [2.05, 4.69) is 10.2 Å². The highest BCUT2D eigenvalue weighted by atomic mass is 19.1. The zero-order valence-corrected chi connectivity index (χ0v) is 16.5. The Hall–Kier alpha value is -4.31. The number of carbonyl (C=O) groups is 1. The molecule has 0 spiro atoms. The number of halogens is 1. The summed E-state index contributed by atoms with van der Waals surface area (Å²) >= 11 is 0. The lowest BCUT2D eigenvalue weighted by Gasteiger charge is -2.07. The van der Waals surface area contributed by atoms with Crippen LogP contribution in [0.2, 0.25) is 0 Å². The molecule has 6 nitrogen and oxygen atoms in total. The molecule has 152 valence electrons. The molecule has 7 heteroatoms. The number of nitriles is 1. The Labute approximate surface area is 177 Å². The first kappa shape index (κ1) is 20.0. The van der Waals surface area contributed by atoms with Gasteiger partial charge in [0.1, 0.15) is 12.4 Å². The van der Waals surface area contributed by atoms with Crippen molar-refractivity contribution in [2.24, 2.45) is 0 Å². The molecule has 0 saturated carbocycles. The Morgan fingerprint density at radius 3 is 2.55 bits per heavy atom. The van der Waals surface area contributed by atoms with Gasteiger partial charge in [0.25, 0.3) is 0 Å². The minimum Gasteiger partial charge on any atom is -0.457 e. The second-order valence-electron chi connectivity index (χ2n) is 6.80. The number of aromatic nitrogens is 2. The molecule has 0 aliphatic heterocycles. The summed E-state index contributed by atoms with van der Waals surface area (Å²) in [6.07, 6.45) is 0. The van der Waals surface area contributed by atoms with Crippen molar-refractivity contribution >= 4 is 5.97 Å². The van der Waals surface area contributed by atoms with Gasteiger partial charge in [-0.1, -0.05) is 18.2 Å². The summed E-state index contributed by atoms with van der Waals surface area (Å²) in [5.74, 6) is -0.408. The summed E-state index contributed by atoms with van der Waals surface area (Å²) < 4.78 is 24.8. The lowest BCUT2D eigenvalue weighted by atomic mass is 10.1. The van der Waals surface area contributed by atoms with Gasteiger partial charge in [0.15, 0.2) is 0 Å². The Bertz CT molecular complexity index is 1290. The van der Waals surface area contributed by atoms with E-state index in [0.717, 1.165) is 11.1 Å². The van der Waals surface area contributed by atoms with Gasteiger partial charge in [-0.2, -0.15) is 5.26 Å². The van der Waals surface area contributed by atoms with Gasteiger partial charge >= 0.3 is 5.97 Å². The summed E-state index contributed by atoms with van der Waals surface area (Å²) in [5.41, 5.74) is 3.25. The molecule has 0 radical (unpaired) electrons. The molecule has 1 heterocycles. The highest BCUT2D eigenvalue weighted by Gasteiger charge is 2.14. The third kappa shape index (κ3) is 4.33. The second-order valence-corrected chi connectivity index (χ2v) is 6.80. The predicted molar refractivity (Wildman–Crippen MR) is 110 cm³/mol. The van der Waals surface area contributed by atoms with Crippen LogP contribution in [0.3, 0.4) is 0 Å². The first-order chi connectivity index (χ1) is 15.0. The third-order valence-corrected chi connectivity index (χ3v) is 4.70. The zero-order valence-electron chi connectivity index (χ0n) is 16.5. The van der Waals surface area contributed by atoms with Crippen LogP contribution in [0.1, 0.15) is 27.0 Å². The van der Waals surface area contributed by atoms with E-state index in [1.807, 2.05) is 37.3 Å². The fraction of sp³-hybridized carbons (Fsp3) is 0.0833. The SMILES string of the molecule is Cc1ccccc1-c1nnc(-c2ccc(C(=O)OCc3cc(C#N)ccc3F)cc2)o1. The lowest BCUT2D eigenvalue weighted by molar-refractivity contribution is 0.0469. The fourth-order valence-corrected chi connectivity index (χ4v) is 2.99. The molecule has 0 fully saturated rings. The molecule has 0 aliphatic rings. The van der Waals surface area contributed by atoms with Crippen LogP contribution in [0.5, 0.6) is 0 Å². The minimum absolute atomic E-state index is 0.138. The van der Waals surface area contributed by atoms with Gasteiger partial charge in [-0.15, -0.1) is 10.2 Å². The Kier molecular flexibility index (Phi) is 5.54. The number of rotatable bonds is 5. The molecule has 4 rings (SSSR count). The molecule has 0 bridgehead atoms. The van der Waals surface area contributed by atoms with Crippen molar-refractivity contribution in [3.05, 3.63) is 94.8 Å². The van der Waals surface area contributed by atoms with Gasteiger partial charge in [-0.25, -0.2) is 9.18 Å². The smallest absolute Gasteiger partial charge is 0.338 e. The number of esters is 1. The van der Waals surface area contributed by atoms with Gasteiger partial charge in [0.2, 0.25) is 11.8 Å². The highest BCUT2D eigenvalue weighted by Crippen LogP contribution is 2.26. The maximum absolute atomic E-state index is 13.8. The largest absolute Gasteiger partial charge is 0.457 e. The summed E-state index contributed by atoms with van der Waals surface area (Å²) in [6.45, 7) is 1.69. The standard InChI is InChI=1S/C24H16FN3O3/c1-15-4-2-3-5-20(15)23-28-27-22(31-23)17-7-9-18(10-8-17)24(29)30-14-19-12-16(13-26)6-11-21(19)25/h2-12H,14H2,1H3. The van der Waals surface area contributed by atoms with E-state index in [9.17, 15) is 9.18 Å². The average molecular weight is 413 g/mol. The van der Waals surface area contributed by atoms with Crippen LogP contribution in [0.4, 0.5) is 4.39 Å². The van der Waals surface area contributed by atoms with Crippen molar-refractivity contribution in [2.75, 3.05) is 0 Å². The van der Waals surface area contributed by atoms with E-state index in [1.165, 1.54) is 18.2 Å². The molecule has 4 aromatic rings. The number of hydrogen-bond donors (Lipinski definition) is 0. The van der Waals surface area contributed by atoms with Crippen LogP contribution < -0.4 is 0 Å². The molecule has 0 aliphatic carbocycles. The summed E-state index contributed by atoms with van der Waals surface area (Å²) in [4.78, 5) is 12.3. The van der Waals surface area contributed by atoms with E-state index in [-0.39, 0.29) is 12.2 Å². The Morgan fingerprint density at radius 1 is 1.06 bits per heavy atom. The van der Waals surface area contributed by atoms with Crippen molar-refractivity contribution in [1.29, 1.82) is 5.26 Å². The summed E-state index contributed by atoms with van der Waals surface area (Å²) in [5, 5.41) is 17.1. The van der Waals surface area contributed by atoms with Crippen molar-refractivity contribution < 1.29 is 18.3 Å². The fourth-order valence-electron chi connectivity index (χ4n) is 2.99. The van der Waals surface area contributed by atoms with Gasteiger partial charge in [-0.3, -0.25) is 0 Å². The van der Waals surface area contributed by atoms with E-state index < -0.39 is 11.8 Å². The maximum atomic E-state index is 13.8. The number of hydrogen-bond acceptors (Lipinski definition) is 6. The van der Waals surface area contributed by atoms with Gasteiger partial charge in [-0.05, 0) is 61.0 Å².